The molecule has 5 heteroatoms. The third-order valence-corrected chi connectivity index (χ3v) is 5.12. The van der Waals surface area contributed by atoms with E-state index in [2.05, 4.69) is 9.64 Å². The number of esters is 1. The van der Waals surface area contributed by atoms with Crippen LogP contribution >= 0.6 is 0 Å². The van der Waals surface area contributed by atoms with Crippen LogP contribution in [0.2, 0.25) is 0 Å². The maximum atomic E-state index is 12.5. The van der Waals surface area contributed by atoms with E-state index >= 15 is 0 Å². The molecule has 134 valence electrons. The Bertz CT molecular complexity index is 633. The number of nitrogens with zero attached hydrogens (tertiary/aromatic N) is 2. The summed E-state index contributed by atoms with van der Waals surface area (Å²) in [6, 6.07) is 7.58. The van der Waals surface area contributed by atoms with Crippen LogP contribution < -0.4 is 0 Å². The summed E-state index contributed by atoms with van der Waals surface area (Å²) in [5.74, 6) is -0.284. The average Bonchev–Trinajstić information content (AvgIpc) is 3.21. The molecule has 25 heavy (non-hydrogen) atoms. The van der Waals surface area contributed by atoms with Gasteiger partial charge in [-0.05, 0) is 62.5 Å². The van der Waals surface area contributed by atoms with Crippen molar-refractivity contribution in [2.45, 2.75) is 31.7 Å². The molecule has 0 aliphatic carbocycles. The van der Waals surface area contributed by atoms with Gasteiger partial charge in [0.1, 0.15) is 0 Å². The minimum absolute atomic E-state index is 0.0703. The van der Waals surface area contributed by atoms with Crippen LogP contribution in [0.4, 0.5) is 0 Å². The molecule has 2 aliphatic rings. The number of hydrogen-bond acceptors (Lipinski definition) is 4. The van der Waals surface area contributed by atoms with Crippen LogP contribution in [0.5, 0.6) is 0 Å². The lowest BCUT2D eigenvalue weighted by Crippen LogP contribution is -2.48. The number of hydrogen-bond donors (Lipinski definition) is 0. The predicted octanol–water partition coefficient (Wildman–Crippen LogP) is 2.57. The summed E-state index contributed by atoms with van der Waals surface area (Å²) in [6.45, 7) is 4.03. The Morgan fingerprint density at radius 2 is 1.80 bits per heavy atom. The molecule has 0 bridgehead atoms. The predicted molar refractivity (Wildman–Crippen MR) is 97.2 cm³/mol. The number of ether oxygens (including phenoxy) is 1. The summed E-state index contributed by atoms with van der Waals surface area (Å²) < 4.78 is 4.68. The van der Waals surface area contributed by atoms with Crippen LogP contribution in [0.15, 0.2) is 30.3 Å². The second-order valence-electron chi connectivity index (χ2n) is 6.77. The lowest BCUT2D eigenvalue weighted by Gasteiger charge is -2.37. The molecule has 1 aromatic carbocycles. The fourth-order valence-electron chi connectivity index (χ4n) is 3.68. The van der Waals surface area contributed by atoms with E-state index in [4.69, 9.17) is 0 Å². The van der Waals surface area contributed by atoms with E-state index in [0.29, 0.717) is 11.6 Å². The van der Waals surface area contributed by atoms with Crippen molar-refractivity contribution in [1.82, 2.24) is 9.80 Å². The summed E-state index contributed by atoms with van der Waals surface area (Å²) in [6.07, 6.45) is 8.29. The van der Waals surface area contributed by atoms with Gasteiger partial charge in [-0.15, -0.1) is 0 Å². The maximum absolute atomic E-state index is 12.5. The monoisotopic (exact) mass is 342 g/mol. The number of carbonyl (C=O) groups is 2. The third kappa shape index (κ3) is 4.48. The molecule has 2 fully saturated rings. The molecule has 1 aromatic rings. The normalized spacial score (nSPS) is 21.6. The van der Waals surface area contributed by atoms with Gasteiger partial charge in [-0.2, -0.15) is 0 Å². The van der Waals surface area contributed by atoms with E-state index < -0.39 is 0 Å². The van der Waals surface area contributed by atoms with Gasteiger partial charge in [-0.25, -0.2) is 4.79 Å². The lowest BCUT2D eigenvalue weighted by molar-refractivity contribution is -0.128. The minimum Gasteiger partial charge on any atom is -0.465 e. The first-order valence-electron chi connectivity index (χ1n) is 9.07. The Hall–Kier alpha value is -2.14. The lowest BCUT2D eigenvalue weighted by atomic mass is 10.0. The second kappa shape index (κ2) is 8.30. The van der Waals surface area contributed by atoms with Gasteiger partial charge in [0.2, 0.25) is 5.91 Å². The molecule has 0 N–H and O–H groups in total. The van der Waals surface area contributed by atoms with Gasteiger partial charge in [0.25, 0.3) is 0 Å². The molecule has 1 atom stereocenters. The van der Waals surface area contributed by atoms with Crippen molar-refractivity contribution in [2.24, 2.45) is 0 Å². The first-order valence-corrected chi connectivity index (χ1v) is 9.07. The van der Waals surface area contributed by atoms with Crippen LogP contribution in [0.25, 0.3) is 6.08 Å². The quantitative estimate of drug-likeness (QED) is 0.623. The molecule has 2 heterocycles. The number of benzene rings is 1. The number of rotatable bonds is 4. The van der Waals surface area contributed by atoms with E-state index in [1.807, 2.05) is 23.1 Å². The highest BCUT2D eigenvalue weighted by atomic mass is 16.5. The fraction of sp³-hybridized carbons (Fsp3) is 0.500. The smallest absolute Gasteiger partial charge is 0.337 e. The molecule has 0 radical (unpaired) electrons. The van der Waals surface area contributed by atoms with Gasteiger partial charge in [0, 0.05) is 25.2 Å². The van der Waals surface area contributed by atoms with Gasteiger partial charge < -0.3 is 9.64 Å². The van der Waals surface area contributed by atoms with Crippen LogP contribution in [-0.4, -0.2) is 61.0 Å². The molecule has 2 saturated heterocycles. The van der Waals surface area contributed by atoms with Crippen molar-refractivity contribution in [3.05, 3.63) is 41.5 Å². The van der Waals surface area contributed by atoms with Crippen molar-refractivity contribution in [1.29, 1.82) is 0 Å². The van der Waals surface area contributed by atoms with Crippen molar-refractivity contribution < 1.29 is 14.3 Å². The summed E-state index contributed by atoms with van der Waals surface area (Å²) >= 11 is 0. The zero-order chi connectivity index (χ0) is 17.6. The number of amides is 1. The van der Waals surface area contributed by atoms with Gasteiger partial charge in [-0.3, -0.25) is 9.69 Å². The molecular weight excluding hydrogens is 316 g/mol. The largest absolute Gasteiger partial charge is 0.465 e. The van der Waals surface area contributed by atoms with E-state index in [9.17, 15) is 9.59 Å². The zero-order valence-corrected chi connectivity index (χ0v) is 14.8. The van der Waals surface area contributed by atoms with Gasteiger partial charge in [-0.1, -0.05) is 12.1 Å². The fourth-order valence-corrected chi connectivity index (χ4v) is 3.68. The van der Waals surface area contributed by atoms with E-state index in [-0.39, 0.29) is 11.9 Å². The van der Waals surface area contributed by atoms with E-state index in [1.54, 1.807) is 18.2 Å². The highest BCUT2D eigenvalue weighted by molar-refractivity contribution is 5.92. The van der Waals surface area contributed by atoms with E-state index in [0.717, 1.165) is 25.1 Å². The van der Waals surface area contributed by atoms with Crippen molar-refractivity contribution in [2.75, 3.05) is 33.3 Å². The van der Waals surface area contributed by atoms with Crippen molar-refractivity contribution >= 4 is 18.0 Å². The molecule has 1 amide bonds. The first-order chi connectivity index (χ1) is 12.2. The van der Waals surface area contributed by atoms with Crippen molar-refractivity contribution in [3.8, 4) is 0 Å². The summed E-state index contributed by atoms with van der Waals surface area (Å²) in [4.78, 5) is 28.4. The van der Waals surface area contributed by atoms with Crippen LogP contribution in [0, 0.1) is 0 Å². The van der Waals surface area contributed by atoms with Gasteiger partial charge >= 0.3 is 5.97 Å². The van der Waals surface area contributed by atoms with Gasteiger partial charge in [0.15, 0.2) is 0 Å². The molecule has 5 nitrogen and oxygen atoms in total. The SMILES string of the molecule is COC(=O)c1ccc(/C=C/C(=O)N2CCC[C@@H](N3CCCC3)C2)cc1. The van der Waals surface area contributed by atoms with Gasteiger partial charge in [0.05, 0.1) is 12.7 Å². The minimum atomic E-state index is -0.354. The number of methoxy groups -OCH3 is 1. The Balaban J connectivity index is 1.57. The Labute approximate surface area is 149 Å². The third-order valence-electron chi connectivity index (χ3n) is 5.12. The molecule has 0 saturated carbocycles. The number of carbonyl (C=O) groups excluding carboxylic acids is 2. The van der Waals surface area contributed by atoms with Crippen LogP contribution in [0.1, 0.15) is 41.6 Å². The highest BCUT2D eigenvalue weighted by Gasteiger charge is 2.28. The van der Waals surface area contributed by atoms with Crippen molar-refractivity contribution in [3.63, 3.8) is 0 Å². The zero-order valence-electron chi connectivity index (χ0n) is 14.8. The van der Waals surface area contributed by atoms with Crippen LogP contribution in [-0.2, 0) is 9.53 Å². The molecule has 0 aromatic heterocycles. The second-order valence-corrected chi connectivity index (χ2v) is 6.77. The average molecular weight is 342 g/mol. The summed E-state index contributed by atoms with van der Waals surface area (Å²) in [7, 11) is 1.36. The Kier molecular flexibility index (Phi) is 5.87. The van der Waals surface area contributed by atoms with E-state index in [1.165, 1.54) is 39.5 Å². The molecule has 0 unspecified atom stereocenters. The standard InChI is InChI=1S/C20H26N2O3/c1-25-20(24)17-9-6-16(7-10-17)8-11-19(23)22-14-4-5-18(15-22)21-12-2-3-13-21/h6-11,18H,2-5,12-15H2,1H3/b11-8+/t18-/m1/s1. The summed E-state index contributed by atoms with van der Waals surface area (Å²) in [5, 5.41) is 0. The molecular formula is C20H26N2O3. The molecule has 3 rings (SSSR count). The number of likely N-dealkylation sites (tertiary alicyclic amines) is 2. The Morgan fingerprint density at radius 1 is 1.08 bits per heavy atom. The highest BCUT2D eigenvalue weighted by Crippen LogP contribution is 2.20. The summed E-state index contributed by atoms with van der Waals surface area (Å²) in [5.41, 5.74) is 1.41. The molecule has 0 spiro atoms. The molecule has 2 aliphatic heterocycles. The topological polar surface area (TPSA) is 49.9 Å². The number of piperidine rings is 1. The maximum Gasteiger partial charge on any atom is 0.337 e. The van der Waals surface area contributed by atoms with Crippen LogP contribution in [0.3, 0.4) is 0 Å². The first kappa shape index (κ1) is 17.7. The Morgan fingerprint density at radius 3 is 2.48 bits per heavy atom.